The molecule has 1 aromatic heterocycles. The number of fused-ring (bicyclic) bond motifs is 2. The Morgan fingerprint density at radius 1 is 1.00 bits per heavy atom. The number of rotatable bonds is 0. The highest BCUT2D eigenvalue weighted by molar-refractivity contribution is 6.22. The van der Waals surface area contributed by atoms with Gasteiger partial charge < -0.3 is 4.98 Å². The van der Waals surface area contributed by atoms with Crippen LogP contribution >= 0.6 is 24.8 Å². The molecule has 84 valence electrons. The monoisotopic (exact) mass is 259 g/mol. The lowest BCUT2D eigenvalue weighted by Gasteiger charge is -1.93. The molecule has 3 rings (SSSR count). The largest absolute Gasteiger partial charge is 0.345 e. The molecule has 2 amide bonds. The molecule has 2 aromatic rings. The highest BCUT2D eigenvalue weighted by Crippen LogP contribution is 2.20. The van der Waals surface area contributed by atoms with E-state index in [0.717, 1.165) is 5.52 Å². The van der Waals surface area contributed by atoms with Crippen LogP contribution in [0.25, 0.3) is 11.0 Å². The Morgan fingerprint density at radius 2 is 1.62 bits per heavy atom. The van der Waals surface area contributed by atoms with Gasteiger partial charge >= 0.3 is 0 Å². The quantitative estimate of drug-likeness (QED) is 0.701. The van der Waals surface area contributed by atoms with E-state index in [1.807, 2.05) is 0 Å². The number of hydrogen-bond acceptors (Lipinski definition) is 3. The average Bonchev–Trinajstić information content (AvgIpc) is 2.70. The molecule has 0 fully saturated rings. The van der Waals surface area contributed by atoms with Crippen LogP contribution in [0.3, 0.4) is 0 Å². The maximum Gasteiger partial charge on any atom is 0.259 e. The third-order valence-electron chi connectivity index (χ3n) is 2.28. The second-order valence-corrected chi connectivity index (χ2v) is 3.10. The van der Waals surface area contributed by atoms with Crippen LogP contribution in [-0.2, 0) is 0 Å². The summed E-state index contributed by atoms with van der Waals surface area (Å²) in [6.45, 7) is 0. The van der Waals surface area contributed by atoms with Gasteiger partial charge in [0.1, 0.15) is 0 Å². The first-order valence-electron chi connectivity index (χ1n) is 4.08. The van der Waals surface area contributed by atoms with Crippen LogP contribution in [0.1, 0.15) is 20.7 Å². The van der Waals surface area contributed by atoms with Crippen LogP contribution in [0, 0.1) is 0 Å². The number of imidazole rings is 1. The van der Waals surface area contributed by atoms with Crippen molar-refractivity contribution in [2.45, 2.75) is 0 Å². The summed E-state index contributed by atoms with van der Waals surface area (Å²) in [6, 6.07) is 3.25. The summed E-state index contributed by atoms with van der Waals surface area (Å²) in [5.41, 5.74) is 2.25. The van der Waals surface area contributed by atoms with E-state index in [4.69, 9.17) is 0 Å². The van der Waals surface area contributed by atoms with Gasteiger partial charge in [-0.2, -0.15) is 0 Å². The first-order chi connectivity index (χ1) is 6.75. The van der Waals surface area contributed by atoms with Crippen molar-refractivity contribution >= 4 is 47.7 Å². The fourth-order valence-corrected chi connectivity index (χ4v) is 1.60. The van der Waals surface area contributed by atoms with E-state index >= 15 is 0 Å². The summed E-state index contributed by atoms with van der Waals surface area (Å²) in [5, 5.41) is 2.23. The van der Waals surface area contributed by atoms with Gasteiger partial charge in [-0.25, -0.2) is 4.98 Å². The lowest BCUT2D eigenvalue weighted by Crippen LogP contribution is -2.19. The Balaban J connectivity index is 0.000000640. The van der Waals surface area contributed by atoms with Gasteiger partial charge in [0, 0.05) is 0 Å². The number of benzene rings is 1. The van der Waals surface area contributed by atoms with Gasteiger partial charge in [0.15, 0.2) is 0 Å². The molecule has 16 heavy (non-hydrogen) atoms. The van der Waals surface area contributed by atoms with Gasteiger partial charge in [-0.05, 0) is 12.1 Å². The zero-order chi connectivity index (χ0) is 9.71. The van der Waals surface area contributed by atoms with Crippen molar-refractivity contribution in [3.05, 3.63) is 29.6 Å². The molecule has 0 spiro atoms. The Labute approximate surface area is 102 Å². The molecule has 0 saturated heterocycles. The van der Waals surface area contributed by atoms with Gasteiger partial charge in [0.2, 0.25) is 0 Å². The fraction of sp³-hybridized carbons (Fsp3) is 0. The number of H-pyrrole nitrogens is 1. The Hall–Kier alpha value is -1.59. The number of imide groups is 1. The second kappa shape index (κ2) is 4.11. The van der Waals surface area contributed by atoms with Crippen LogP contribution in [0.4, 0.5) is 0 Å². The van der Waals surface area contributed by atoms with Crippen molar-refractivity contribution in [2.24, 2.45) is 0 Å². The highest BCUT2D eigenvalue weighted by Gasteiger charge is 2.27. The molecule has 5 nitrogen and oxygen atoms in total. The molecule has 2 heterocycles. The molecule has 1 aromatic carbocycles. The average molecular weight is 260 g/mol. The molecular formula is C9H7Cl2N3O2. The van der Waals surface area contributed by atoms with Gasteiger partial charge in [-0.3, -0.25) is 14.9 Å². The number of halogens is 2. The highest BCUT2D eigenvalue weighted by atomic mass is 35.5. The normalized spacial score (nSPS) is 12.8. The summed E-state index contributed by atoms with van der Waals surface area (Å²) in [7, 11) is 0. The van der Waals surface area contributed by atoms with Gasteiger partial charge in [-0.1, -0.05) is 0 Å². The molecule has 0 unspecified atom stereocenters. The molecule has 0 atom stereocenters. The number of aromatic amines is 1. The van der Waals surface area contributed by atoms with Crippen molar-refractivity contribution in [3.63, 3.8) is 0 Å². The summed E-state index contributed by atoms with van der Waals surface area (Å²) >= 11 is 0. The minimum Gasteiger partial charge on any atom is -0.345 e. The molecule has 0 saturated carbocycles. The number of amides is 2. The summed E-state index contributed by atoms with van der Waals surface area (Å²) < 4.78 is 0. The smallest absolute Gasteiger partial charge is 0.259 e. The lowest BCUT2D eigenvalue weighted by atomic mass is 10.1. The lowest BCUT2D eigenvalue weighted by molar-refractivity contribution is 0.0879. The molecule has 7 heteroatoms. The molecule has 1 aliphatic rings. The molecule has 0 radical (unpaired) electrons. The van der Waals surface area contributed by atoms with Crippen LogP contribution in [-0.4, -0.2) is 21.8 Å². The van der Waals surface area contributed by atoms with Crippen LogP contribution in [0.2, 0.25) is 0 Å². The van der Waals surface area contributed by atoms with Crippen LogP contribution in [0.5, 0.6) is 0 Å². The van der Waals surface area contributed by atoms with Crippen LogP contribution < -0.4 is 5.32 Å². The summed E-state index contributed by atoms with van der Waals surface area (Å²) in [4.78, 5) is 29.4. The number of aromatic nitrogens is 2. The third kappa shape index (κ3) is 1.54. The van der Waals surface area contributed by atoms with E-state index in [0.29, 0.717) is 16.6 Å². The van der Waals surface area contributed by atoms with Gasteiger partial charge in [0.25, 0.3) is 11.8 Å². The SMILES string of the molecule is Cl.Cl.O=C1NC(=O)c2cc3[nH]cnc3cc21. The van der Waals surface area contributed by atoms with Crippen molar-refractivity contribution in [1.29, 1.82) is 0 Å². The standard InChI is InChI=1S/C9H5N3O2.2ClH/c13-8-4-1-6-7(11-3-10-6)2-5(4)9(14)12-8;;/h1-3H,(H,10,11)(H,12,13,14);2*1H. The second-order valence-electron chi connectivity index (χ2n) is 3.10. The van der Waals surface area contributed by atoms with Crippen LogP contribution in [0.15, 0.2) is 18.5 Å². The van der Waals surface area contributed by atoms with E-state index in [1.54, 1.807) is 12.1 Å². The number of carbonyl (C=O) groups excluding carboxylic acids is 2. The third-order valence-corrected chi connectivity index (χ3v) is 2.28. The zero-order valence-electron chi connectivity index (χ0n) is 7.81. The summed E-state index contributed by atoms with van der Waals surface area (Å²) in [5.74, 6) is -0.698. The van der Waals surface area contributed by atoms with E-state index in [-0.39, 0.29) is 36.6 Å². The Bertz CT molecular complexity index is 531. The topological polar surface area (TPSA) is 74.8 Å². The van der Waals surface area contributed by atoms with Crippen molar-refractivity contribution < 1.29 is 9.59 Å². The molecule has 2 N–H and O–H groups in total. The number of nitrogens with zero attached hydrogens (tertiary/aromatic N) is 1. The predicted molar refractivity (Wildman–Crippen MR) is 62.4 cm³/mol. The minimum absolute atomic E-state index is 0. The van der Waals surface area contributed by atoms with E-state index in [2.05, 4.69) is 15.3 Å². The Kier molecular flexibility index (Phi) is 3.21. The molecular weight excluding hydrogens is 253 g/mol. The number of carbonyl (C=O) groups is 2. The van der Waals surface area contributed by atoms with Crippen molar-refractivity contribution in [2.75, 3.05) is 0 Å². The summed E-state index contributed by atoms with van der Waals surface area (Å²) in [6.07, 6.45) is 1.53. The minimum atomic E-state index is -0.352. The van der Waals surface area contributed by atoms with E-state index in [9.17, 15) is 9.59 Å². The molecule has 0 aliphatic carbocycles. The maximum atomic E-state index is 11.3. The van der Waals surface area contributed by atoms with Gasteiger partial charge in [-0.15, -0.1) is 24.8 Å². The molecule has 0 bridgehead atoms. The van der Waals surface area contributed by atoms with Gasteiger partial charge in [0.05, 0.1) is 28.5 Å². The first kappa shape index (κ1) is 12.5. The number of nitrogens with one attached hydrogen (secondary N) is 2. The molecule has 1 aliphatic heterocycles. The predicted octanol–water partition coefficient (Wildman–Crippen LogP) is 1.29. The Morgan fingerprint density at radius 3 is 2.31 bits per heavy atom. The van der Waals surface area contributed by atoms with E-state index < -0.39 is 0 Å². The van der Waals surface area contributed by atoms with Crippen molar-refractivity contribution in [3.8, 4) is 0 Å². The first-order valence-corrected chi connectivity index (χ1v) is 4.08. The fourth-order valence-electron chi connectivity index (χ4n) is 1.60. The number of hydrogen-bond donors (Lipinski definition) is 2. The van der Waals surface area contributed by atoms with Crippen molar-refractivity contribution in [1.82, 2.24) is 15.3 Å². The van der Waals surface area contributed by atoms with E-state index in [1.165, 1.54) is 6.33 Å². The zero-order valence-corrected chi connectivity index (χ0v) is 9.45. The maximum absolute atomic E-state index is 11.3.